The molecule has 47 heavy (non-hydrogen) atoms. The zero-order valence-electron chi connectivity index (χ0n) is 28.7. The van der Waals surface area contributed by atoms with E-state index in [0.717, 1.165) is 56.7 Å². The molecule has 264 valence electrons. The summed E-state index contributed by atoms with van der Waals surface area (Å²) in [6.07, 6.45) is 7.79. The van der Waals surface area contributed by atoms with Gasteiger partial charge in [-0.2, -0.15) is 0 Å². The number of aliphatic hydroxyl groups is 6. The highest BCUT2D eigenvalue weighted by atomic mass is 16.5. The lowest BCUT2D eigenvalue weighted by molar-refractivity contribution is -0.158. The second kappa shape index (κ2) is 12.4. The van der Waals surface area contributed by atoms with Crippen LogP contribution in [-0.4, -0.2) is 112 Å². The highest BCUT2D eigenvalue weighted by Crippen LogP contribution is 2.71. The summed E-state index contributed by atoms with van der Waals surface area (Å²) < 4.78 is 8.76. The zero-order valence-corrected chi connectivity index (χ0v) is 28.7. The van der Waals surface area contributed by atoms with Crippen LogP contribution in [0, 0.1) is 40.4 Å². The van der Waals surface area contributed by atoms with Crippen LogP contribution in [-0.2, 0) is 17.8 Å². The van der Waals surface area contributed by atoms with Gasteiger partial charge in [-0.25, -0.2) is 4.68 Å². The van der Waals surface area contributed by atoms with Gasteiger partial charge in [0, 0.05) is 25.3 Å². The fraction of sp³-hybridized carbons (Fsp3) is 0.889. The number of hydrogen-bond acceptors (Lipinski definition) is 10. The summed E-state index contributed by atoms with van der Waals surface area (Å²) >= 11 is 0. The molecule has 3 heterocycles. The summed E-state index contributed by atoms with van der Waals surface area (Å²) in [6.45, 7) is 10.6. The summed E-state index contributed by atoms with van der Waals surface area (Å²) in [5, 5.41) is 68.4. The van der Waals surface area contributed by atoms with Crippen molar-refractivity contribution in [1.29, 1.82) is 0 Å². The first kappa shape index (κ1) is 34.0. The third kappa shape index (κ3) is 5.65. The number of fused-ring (bicyclic) bond motifs is 6. The molecular weight excluding hydrogens is 600 g/mol. The van der Waals surface area contributed by atoms with Gasteiger partial charge in [0.25, 0.3) is 0 Å². The zero-order chi connectivity index (χ0) is 33.5. The standard InChI is InChI=1S/C36H58N4O7/c1-20-11-31-28(39(15-20)16-23-17-40(38-37-23)18-29(43)32(45)33(46)30(44)19-41)14-36(47-31)10-8-26-25-6-5-22-12-24(42)7-9-34(22,3)27(25)13-35(26,4)21(36)2/h5,17,20-21,24-33,41-46H,6-16,18-19H2,1-4H3. The number of likely N-dealkylation sites (tertiary alicyclic amines) is 1. The van der Waals surface area contributed by atoms with Crippen molar-refractivity contribution < 1.29 is 35.4 Å². The number of hydrogen-bond donors (Lipinski definition) is 6. The first-order valence-corrected chi connectivity index (χ1v) is 18.3. The molecule has 11 heteroatoms. The second-order valence-electron chi connectivity index (χ2n) is 17.1. The Bertz CT molecular complexity index is 1330. The van der Waals surface area contributed by atoms with Gasteiger partial charge in [0.1, 0.15) is 24.4 Å². The third-order valence-corrected chi connectivity index (χ3v) is 14.5. The SMILES string of the molecule is CC1CC2OC3(CCC4C5CC=C6CC(O)CCC6(C)C5CC4(C)C3C)CC2N(Cc2cn(CC(O)C(O)C(O)C(O)CO)nn2)C1. The molecule has 6 N–H and O–H groups in total. The molecule has 2 saturated heterocycles. The lowest BCUT2D eigenvalue weighted by atomic mass is 9.55. The van der Waals surface area contributed by atoms with Crippen LogP contribution >= 0.6 is 0 Å². The molecule has 0 aromatic carbocycles. The van der Waals surface area contributed by atoms with Gasteiger partial charge in [0.2, 0.25) is 0 Å². The van der Waals surface area contributed by atoms with Gasteiger partial charge in [0.05, 0.1) is 36.7 Å². The van der Waals surface area contributed by atoms with Gasteiger partial charge < -0.3 is 35.4 Å². The normalized spacial score (nSPS) is 45.8. The van der Waals surface area contributed by atoms with Crippen LogP contribution < -0.4 is 0 Å². The Hall–Kier alpha value is -1.44. The minimum Gasteiger partial charge on any atom is -0.394 e. The molecule has 11 nitrogen and oxygen atoms in total. The second-order valence-corrected chi connectivity index (χ2v) is 17.1. The molecule has 0 bridgehead atoms. The van der Waals surface area contributed by atoms with E-state index in [4.69, 9.17) is 9.84 Å². The van der Waals surface area contributed by atoms with Crippen LogP contribution in [0.25, 0.3) is 0 Å². The number of rotatable bonds is 8. The topological polar surface area (TPSA) is 165 Å². The quantitative estimate of drug-likeness (QED) is 0.228. The molecule has 4 aliphatic carbocycles. The van der Waals surface area contributed by atoms with Gasteiger partial charge in [-0.3, -0.25) is 4.90 Å². The molecule has 15 unspecified atom stereocenters. The molecule has 1 aromatic heterocycles. The Labute approximate surface area is 279 Å². The molecular formula is C36H58N4O7. The first-order valence-electron chi connectivity index (χ1n) is 18.3. The number of allylic oxidation sites excluding steroid dienone is 1. The van der Waals surface area contributed by atoms with Gasteiger partial charge in [0.15, 0.2) is 0 Å². The summed E-state index contributed by atoms with van der Waals surface area (Å²) in [5.41, 5.74) is 2.62. The average molecular weight is 659 g/mol. The number of ether oxygens (including phenoxy) is 1. The van der Waals surface area contributed by atoms with Crippen molar-refractivity contribution in [3.63, 3.8) is 0 Å². The van der Waals surface area contributed by atoms with E-state index in [0.29, 0.717) is 36.3 Å². The highest BCUT2D eigenvalue weighted by molar-refractivity contribution is 5.27. The third-order valence-electron chi connectivity index (χ3n) is 14.5. The Morgan fingerprint density at radius 3 is 2.55 bits per heavy atom. The maximum absolute atomic E-state index is 10.5. The van der Waals surface area contributed by atoms with Gasteiger partial charge >= 0.3 is 0 Å². The van der Waals surface area contributed by atoms with Crippen LogP contribution in [0.15, 0.2) is 17.8 Å². The van der Waals surface area contributed by atoms with Crippen LogP contribution in [0.2, 0.25) is 0 Å². The monoisotopic (exact) mass is 658 g/mol. The van der Waals surface area contributed by atoms with Crippen molar-refractivity contribution in [3.05, 3.63) is 23.5 Å². The predicted octanol–water partition coefficient (Wildman–Crippen LogP) is 2.02. The number of aliphatic hydroxyl groups excluding tert-OH is 6. The van der Waals surface area contributed by atoms with E-state index in [1.54, 1.807) is 6.20 Å². The Morgan fingerprint density at radius 1 is 1.02 bits per heavy atom. The van der Waals surface area contributed by atoms with E-state index in [2.05, 4.69) is 49.0 Å². The lowest BCUT2D eigenvalue weighted by Crippen LogP contribution is -2.52. The van der Waals surface area contributed by atoms with Gasteiger partial charge in [-0.1, -0.05) is 44.6 Å². The van der Waals surface area contributed by atoms with Crippen molar-refractivity contribution in [2.75, 3.05) is 13.2 Å². The highest BCUT2D eigenvalue weighted by Gasteiger charge is 2.67. The summed E-state index contributed by atoms with van der Waals surface area (Å²) in [5.74, 6) is 3.08. The fourth-order valence-electron chi connectivity index (χ4n) is 11.7. The predicted molar refractivity (Wildman–Crippen MR) is 174 cm³/mol. The van der Waals surface area contributed by atoms with E-state index < -0.39 is 31.0 Å². The molecule has 5 fully saturated rings. The van der Waals surface area contributed by atoms with E-state index in [9.17, 15) is 25.5 Å². The fourth-order valence-corrected chi connectivity index (χ4v) is 11.7. The number of aromatic nitrogens is 3. The minimum atomic E-state index is -1.68. The summed E-state index contributed by atoms with van der Waals surface area (Å²) in [7, 11) is 0. The lowest BCUT2D eigenvalue weighted by Gasteiger charge is -2.53. The van der Waals surface area contributed by atoms with Crippen LogP contribution in [0.3, 0.4) is 0 Å². The number of nitrogens with zero attached hydrogens (tertiary/aromatic N) is 4. The molecule has 0 radical (unpaired) electrons. The first-order chi connectivity index (χ1) is 22.3. The molecule has 1 spiro atoms. The van der Waals surface area contributed by atoms with Crippen LogP contribution in [0.5, 0.6) is 0 Å². The smallest absolute Gasteiger partial charge is 0.111 e. The van der Waals surface area contributed by atoms with Crippen molar-refractivity contribution in [2.45, 2.75) is 147 Å². The molecule has 7 rings (SSSR count). The number of piperidine rings is 1. The minimum absolute atomic E-state index is 0.103. The molecule has 6 aliphatic rings. The summed E-state index contributed by atoms with van der Waals surface area (Å²) in [4.78, 5) is 2.52. The molecule has 3 saturated carbocycles. The van der Waals surface area contributed by atoms with Crippen molar-refractivity contribution in [2.24, 2.45) is 40.4 Å². The maximum atomic E-state index is 10.5. The maximum Gasteiger partial charge on any atom is 0.111 e. The summed E-state index contributed by atoms with van der Waals surface area (Å²) in [6, 6.07) is 0.302. The average Bonchev–Trinajstić information content (AvgIpc) is 3.73. The molecule has 0 amide bonds. The Kier molecular flexibility index (Phi) is 8.98. The van der Waals surface area contributed by atoms with Gasteiger partial charge in [-0.15, -0.1) is 5.10 Å². The Balaban J connectivity index is 1.04. The largest absolute Gasteiger partial charge is 0.394 e. The van der Waals surface area contributed by atoms with Crippen molar-refractivity contribution >= 4 is 0 Å². The van der Waals surface area contributed by atoms with E-state index in [1.807, 2.05) is 0 Å². The van der Waals surface area contributed by atoms with E-state index in [-0.39, 0.29) is 35.2 Å². The molecule has 2 aliphatic heterocycles. The van der Waals surface area contributed by atoms with Crippen molar-refractivity contribution in [3.8, 4) is 0 Å². The Morgan fingerprint density at radius 2 is 1.79 bits per heavy atom. The van der Waals surface area contributed by atoms with Crippen LogP contribution in [0.4, 0.5) is 0 Å². The van der Waals surface area contributed by atoms with E-state index in [1.165, 1.54) is 29.5 Å². The van der Waals surface area contributed by atoms with Crippen molar-refractivity contribution in [1.82, 2.24) is 19.9 Å². The van der Waals surface area contributed by atoms with Crippen LogP contribution in [0.1, 0.15) is 91.2 Å². The van der Waals surface area contributed by atoms with E-state index >= 15 is 0 Å². The molecule has 1 aromatic rings. The van der Waals surface area contributed by atoms with Gasteiger partial charge in [-0.05, 0) is 98.2 Å². The molecule has 15 atom stereocenters.